The van der Waals surface area contributed by atoms with Crippen LogP contribution >= 0.6 is 13.5 Å². The van der Waals surface area contributed by atoms with Crippen LogP contribution in [0, 0.1) is 5.92 Å². The number of hydrogen-bond acceptors (Lipinski definition) is 2. The molecule has 4 heteroatoms. The molecule has 0 aliphatic carbocycles. The molecule has 1 amide bonds. The molecule has 14 heavy (non-hydrogen) atoms. The molecule has 0 unspecified atom stereocenters. The van der Waals surface area contributed by atoms with Gasteiger partial charge in [-0.2, -0.15) is 13.5 Å². The van der Waals surface area contributed by atoms with Crippen molar-refractivity contribution in [1.82, 2.24) is 4.90 Å². The molecule has 1 aliphatic heterocycles. The largest absolute Gasteiger partial charge is 0.444 e. The van der Waals surface area contributed by atoms with Gasteiger partial charge in [0.15, 0.2) is 0 Å². The molecule has 0 spiro atoms. The van der Waals surface area contributed by atoms with Crippen LogP contribution in [-0.2, 0) is 4.74 Å². The quantitative estimate of drug-likeness (QED) is 0.626. The van der Waals surface area contributed by atoms with Crippen molar-refractivity contribution in [3.63, 3.8) is 0 Å². The first-order chi connectivity index (χ1) is 5.88. The third-order valence-electron chi connectivity index (χ3n) is 2.08. The van der Waals surface area contributed by atoms with Gasteiger partial charge in [-0.1, -0.05) is 6.92 Å². The van der Waals surface area contributed by atoms with E-state index in [9.17, 15) is 4.79 Å². The smallest absolute Gasteiger partial charge is 0.410 e. The number of likely N-dealkylation sites (tertiary alicyclic amines) is 1. The Bertz CT molecular complexity index is 201. The summed E-state index contributed by atoms with van der Waals surface area (Å²) in [5, 5.41) is 0. The maximum absolute atomic E-state index is 11.5. The summed E-state index contributed by atoms with van der Waals surface area (Å²) in [6.45, 7) is 9.52. The standard InChI is InChI=1S/C10H19NO2.H2S/c1-8-5-6-11(7-8)9(12)13-10(2,3)4;/h8H,5-7H2,1-4H3;1H2/t8-;/m0./s1. The third-order valence-corrected chi connectivity index (χ3v) is 2.08. The zero-order chi connectivity index (χ0) is 10.1. The summed E-state index contributed by atoms with van der Waals surface area (Å²) in [5.41, 5.74) is -0.372. The fraction of sp³-hybridized carbons (Fsp3) is 0.900. The highest BCUT2D eigenvalue weighted by molar-refractivity contribution is 7.59. The van der Waals surface area contributed by atoms with E-state index in [-0.39, 0.29) is 25.2 Å². The first-order valence-corrected chi connectivity index (χ1v) is 4.86. The molecule has 0 bridgehead atoms. The van der Waals surface area contributed by atoms with E-state index in [0.29, 0.717) is 5.92 Å². The van der Waals surface area contributed by atoms with E-state index in [1.807, 2.05) is 20.8 Å². The Kier molecular flexibility index (Phi) is 4.78. The molecule has 1 atom stereocenters. The van der Waals surface area contributed by atoms with E-state index in [0.717, 1.165) is 19.5 Å². The summed E-state index contributed by atoms with van der Waals surface area (Å²) in [6, 6.07) is 0. The van der Waals surface area contributed by atoms with Gasteiger partial charge in [-0.3, -0.25) is 0 Å². The second kappa shape index (κ2) is 4.91. The van der Waals surface area contributed by atoms with E-state index in [2.05, 4.69) is 6.92 Å². The Morgan fingerprint density at radius 3 is 2.36 bits per heavy atom. The minimum Gasteiger partial charge on any atom is -0.444 e. The molecule has 0 aromatic heterocycles. The number of rotatable bonds is 0. The molecule has 1 aliphatic rings. The highest BCUT2D eigenvalue weighted by atomic mass is 32.1. The van der Waals surface area contributed by atoms with Gasteiger partial charge in [0, 0.05) is 13.1 Å². The number of amides is 1. The van der Waals surface area contributed by atoms with Gasteiger partial charge in [-0.05, 0) is 33.1 Å². The number of ether oxygens (including phenoxy) is 1. The summed E-state index contributed by atoms with van der Waals surface area (Å²) in [7, 11) is 0. The fourth-order valence-electron chi connectivity index (χ4n) is 1.43. The summed E-state index contributed by atoms with van der Waals surface area (Å²) in [4.78, 5) is 13.3. The van der Waals surface area contributed by atoms with Crippen LogP contribution in [0.3, 0.4) is 0 Å². The molecule has 0 radical (unpaired) electrons. The van der Waals surface area contributed by atoms with Crippen molar-refractivity contribution in [3.05, 3.63) is 0 Å². The highest BCUT2D eigenvalue weighted by Gasteiger charge is 2.27. The number of nitrogens with zero attached hydrogens (tertiary/aromatic N) is 1. The predicted octanol–water partition coefficient (Wildman–Crippen LogP) is 2.38. The Labute approximate surface area is 93.2 Å². The van der Waals surface area contributed by atoms with Gasteiger partial charge in [-0.15, -0.1) is 0 Å². The van der Waals surface area contributed by atoms with Gasteiger partial charge in [-0.25, -0.2) is 4.79 Å². The van der Waals surface area contributed by atoms with Gasteiger partial charge in [0.2, 0.25) is 0 Å². The maximum atomic E-state index is 11.5. The van der Waals surface area contributed by atoms with E-state index in [4.69, 9.17) is 4.74 Å². The zero-order valence-electron chi connectivity index (χ0n) is 9.46. The Morgan fingerprint density at radius 1 is 1.43 bits per heavy atom. The minimum atomic E-state index is -0.372. The first-order valence-electron chi connectivity index (χ1n) is 4.86. The van der Waals surface area contributed by atoms with Gasteiger partial charge >= 0.3 is 6.09 Å². The molecule has 1 fully saturated rings. The normalized spacial score (nSPS) is 21.7. The summed E-state index contributed by atoms with van der Waals surface area (Å²) >= 11 is 0. The summed E-state index contributed by atoms with van der Waals surface area (Å²) in [6.07, 6.45) is 0.927. The van der Waals surface area contributed by atoms with Crippen molar-refractivity contribution in [2.75, 3.05) is 13.1 Å². The van der Waals surface area contributed by atoms with Crippen molar-refractivity contribution >= 4 is 19.6 Å². The minimum absolute atomic E-state index is 0. The van der Waals surface area contributed by atoms with Gasteiger partial charge < -0.3 is 9.64 Å². The fourth-order valence-corrected chi connectivity index (χ4v) is 1.43. The summed E-state index contributed by atoms with van der Waals surface area (Å²) < 4.78 is 5.26. The maximum Gasteiger partial charge on any atom is 0.410 e. The number of carbonyl (C=O) groups is 1. The lowest BCUT2D eigenvalue weighted by molar-refractivity contribution is 0.0289. The van der Waals surface area contributed by atoms with Gasteiger partial charge in [0.05, 0.1) is 0 Å². The van der Waals surface area contributed by atoms with E-state index in [1.165, 1.54) is 0 Å². The van der Waals surface area contributed by atoms with Crippen molar-refractivity contribution in [2.24, 2.45) is 5.92 Å². The average molecular weight is 219 g/mol. The van der Waals surface area contributed by atoms with Crippen molar-refractivity contribution in [1.29, 1.82) is 0 Å². The molecule has 1 saturated heterocycles. The van der Waals surface area contributed by atoms with Crippen LogP contribution in [0.15, 0.2) is 0 Å². The summed E-state index contributed by atoms with van der Waals surface area (Å²) in [5.74, 6) is 0.618. The lowest BCUT2D eigenvalue weighted by Crippen LogP contribution is -2.35. The highest BCUT2D eigenvalue weighted by Crippen LogP contribution is 2.18. The topological polar surface area (TPSA) is 29.5 Å². The molecule has 84 valence electrons. The van der Waals surface area contributed by atoms with Crippen LogP contribution in [0.2, 0.25) is 0 Å². The van der Waals surface area contributed by atoms with Crippen LogP contribution in [0.1, 0.15) is 34.1 Å². The molecule has 1 heterocycles. The monoisotopic (exact) mass is 219 g/mol. The Hall–Kier alpha value is -0.380. The molecule has 3 nitrogen and oxygen atoms in total. The van der Waals surface area contributed by atoms with E-state index >= 15 is 0 Å². The van der Waals surface area contributed by atoms with E-state index < -0.39 is 0 Å². The second-order valence-electron chi connectivity index (χ2n) is 4.82. The van der Waals surface area contributed by atoms with Gasteiger partial charge in [0.1, 0.15) is 5.60 Å². The Morgan fingerprint density at radius 2 is 2.00 bits per heavy atom. The zero-order valence-corrected chi connectivity index (χ0v) is 10.5. The van der Waals surface area contributed by atoms with Crippen molar-refractivity contribution < 1.29 is 9.53 Å². The lowest BCUT2D eigenvalue weighted by atomic mass is 10.2. The molecule has 0 aromatic rings. The molecule has 0 aromatic carbocycles. The third kappa shape index (κ3) is 4.22. The average Bonchev–Trinajstić information content (AvgIpc) is 2.31. The van der Waals surface area contributed by atoms with Crippen LogP contribution in [0.4, 0.5) is 4.79 Å². The number of carbonyl (C=O) groups excluding carboxylic acids is 1. The molecular weight excluding hydrogens is 198 g/mol. The van der Waals surface area contributed by atoms with Crippen molar-refractivity contribution in [2.45, 2.75) is 39.7 Å². The molecule has 1 rings (SSSR count). The van der Waals surface area contributed by atoms with Crippen LogP contribution in [0.5, 0.6) is 0 Å². The molecule has 0 N–H and O–H groups in total. The molecule has 0 saturated carbocycles. The van der Waals surface area contributed by atoms with Crippen molar-refractivity contribution in [3.8, 4) is 0 Å². The number of hydrogen-bond donors (Lipinski definition) is 0. The Balaban J connectivity index is 0.00000169. The second-order valence-corrected chi connectivity index (χ2v) is 4.82. The van der Waals surface area contributed by atoms with Crippen LogP contribution in [-0.4, -0.2) is 29.7 Å². The van der Waals surface area contributed by atoms with E-state index in [1.54, 1.807) is 4.90 Å². The SMILES string of the molecule is C[C@H]1CCN(C(=O)OC(C)(C)C)C1.S. The van der Waals surface area contributed by atoms with Crippen LogP contribution in [0.25, 0.3) is 0 Å². The predicted molar refractivity (Wildman–Crippen MR) is 62.0 cm³/mol. The van der Waals surface area contributed by atoms with Crippen LogP contribution < -0.4 is 0 Å². The lowest BCUT2D eigenvalue weighted by Gasteiger charge is -2.24. The first kappa shape index (κ1) is 13.6. The molecular formula is C10H21NO2S. The van der Waals surface area contributed by atoms with Gasteiger partial charge in [0.25, 0.3) is 0 Å².